The second-order valence-corrected chi connectivity index (χ2v) is 6.06. The van der Waals surface area contributed by atoms with Crippen molar-refractivity contribution in [2.75, 3.05) is 13.2 Å². The van der Waals surface area contributed by atoms with Crippen molar-refractivity contribution < 1.29 is 19.1 Å². The summed E-state index contributed by atoms with van der Waals surface area (Å²) in [7, 11) is 0. The maximum absolute atomic E-state index is 11.4. The first-order valence-corrected chi connectivity index (χ1v) is 9.52. The van der Waals surface area contributed by atoms with Gasteiger partial charge in [0.2, 0.25) is 0 Å². The molecular weight excluding hydrogens is 292 g/mol. The van der Waals surface area contributed by atoms with Gasteiger partial charge >= 0.3 is 11.9 Å². The molecule has 0 heterocycles. The Balaban J connectivity index is 3.16. The Morgan fingerprint density at radius 3 is 1.48 bits per heavy atom. The molecule has 0 fully saturated rings. The van der Waals surface area contributed by atoms with Crippen molar-refractivity contribution in [3.63, 3.8) is 0 Å². The molecule has 4 nitrogen and oxygen atoms in total. The summed E-state index contributed by atoms with van der Waals surface area (Å²) in [5.41, 5.74) is 0. The van der Waals surface area contributed by atoms with Crippen LogP contribution in [-0.2, 0) is 19.1 Å². The van der Waals surface area contributed by atoms with Crippen LogP contribution in [0.4, 0.5) is 0 Å². The van der Waals surface area contributed by atoms with Gasteiger partial charge in [-0.1, -0.05) is 58.3 Å². The van der Waals surface area contributed by atoms with Crippen molar-refractivity contribution in [2.45, 2.75) is 97.3 Å². The van der Waals surface area contributed by atoms with Gasteiger partial charge in [0.05, 0.1) is 13.2 Å². The van der Waals surface area contributed by atoms with E-state index >= 15 is 0 Å². The number of carbonyl (C=O) groups excluding carboxylic acids is 2. The Labute approximate surface area is 142 Å². The fraction of sp³-hybridized carbons (Fsp3) is 0.895. The molecule has 0 atom stereocenters. The summed E-state index contributed by atoms with van der Waals surface area (Å²) in [5.74, 6) is -0.110. The Bertz CT molecular complexity index is 289. The van der Waals surface area contributed by atoms with Crippen LogP contribution in [-0.4, -0.2) is 25.2 Å². The number of rotatable bonds is 16. The Morgan fingerprint density at radius 1 is 0.609 bits per heavy atom. The van der Waals surface area contributed by atoms with Crippen molar-refractivity contribution in [1.29, 1.82) is 0 Å². The molecule has 136 valence electrons. The average Bonchev–Trinajstić information content (AvgIpc) is 2.53. The van der Waals surface area contributed by atoms with E-state index in [4.69, 9.17) is 9.47 Å². The maximum Gasteiger partial charge on any atom is 0.305 e. The van der Waals surface area contributed by atoms with E-state index in [1.807, 2.05) is 6.92 Å². The topological polar surface area (TPSA) is 52.6 Å². The average molecular weight is 328 g/mol. The number of esters is 2. The van der Waals surface area contributed by atoms with Crippen molar-refractivity contribution >= 4 is 11.9 Å². The normalized spacial score (nSPS) is 10.5. The molecule has 0 aromatic rings. The zero-order chi connectivity index (χ0) is 17.2. The summed E-state index contributed by atoms with van der Waals surface area (Å²) in [4.78, 5) is 22.5. The summed E-state index contributed by atoms with van der Waals surface area (Å²) >= 11 is 0. The number of ether oxygens (including phenoxy) is 2. The number of hydrogen-bond donors (Lipinski definition) is 0. The highest BCUT2D eigenvalue weighted by atomic mass is 16.5. The smallest absolute Gasteiger partial charge is 0.305 e. The second-order valence-electron chi connectivity index (χ2n) is 6.06. The van der Waals surface area contributed by atoms with Crippen molar-refractivity contribution in [1.82, 2.24) is 0 Å². The van der Waals surface area contributed by atoms with Gasteiger partial charge in [-0.05, 0) is 26.2 Å². The first kappa shape index (κ1) is 21.9. The van der Waals surface area contributed by atoms with Gasteiger partial charge in [-0.25, -0.2) is 0 Å². The molecule has 0 aliphatic heterocycles. The van der Waals surface area contributed by atoms with Crippen molar-refractivity contribution in [3.05, 3.63) is 0 Å². The summed E-state index contributed by atoms with van der Waals surface area (Å²) in [6, 6.07) is 0. The number of carbonyl (C=O) groups is 2. The summed E-state index contributed by atoms with van der Waals surface area (Å²) in [6.45, 7) is 4.99. The van der Waals surface area contributed by atoms with E-state index in [0.29, 0.717) is 26.1 Å². The lowest BCUT2D eigenvalue weighted by molar-refractivity contribution is -0.144. The quantitative estimate of drug-likeness (QED) is 0.289. The summed E-state index contributed by atoms with van der Waals surface area (Å²) < 4.78 is 10.0. The molecule has 23 heavy (non-hydrogen) atoms. The standard InChI is InChI=1S/C19H36O4/c1-3-5-17-23-19(21)16-14-12-10-8-6-7-9-11-13-15-18(20)22-4-2/h3-17H2,1-2H3. The molecule has 0 aromatic carbocycles. The van der Waals surface area contributed by atoms with Crippen LogP contribution in [0.2, 0.25) is 0 Å². The van der Waals surface area contributed by atoms with Gasteiger partial charge < -0.3 is 9.47 Å². The van der Waals surface area contributed by atoms with E-state index in [9.17, 15) is 9.59 Å². The fourth-order valence-electron chi connectivity index (χ4n) is 2.41. The molecule has 0 radical (unpaired) electrons. The van der Waals surface area contributed by atoms with Gasteiger partial charge in [-0.2, -0.15) is 0 Å². The lowest BCUT2D eigenvalue weighted by Crippen LogP contribution is -2.05. The van der Waals surface area contributed by atoms with Crippen LogP contribution < -0.4 is 0 Å². The third-order valence-corrected chi connectivity index (χ3v) is 3.83. The molecule has 0 rings (SSSR count). The minimum atomic E-state index is -0.0688. The molecule has 0 amide bonds. The highest BCUT2D eigenvalue weighted by molar-refractivity contribution is 5.69. The monoisotopic (exact) mass is 328 g/mol. The van der Waals surface area contributed by atoms with Crippen LogP contribution in [0, 0.1) is 0 Å². The Hall–Kier alpha value is -1.06. The molecule has 0 saturated carbocycles. The minimum Gasteiger partial charge on any atom is -0.466 e. The van der Waals surface area contributed by atoms with Gasteiger partial charge in [0.1, 0.15) is 0 Å². The Kier molecular flexibility index (Phi) is 16.5. The molecule has 0 aliphatic rings. The molecule has 0 N–H and O–H groups in total. The summed E-state index contributed by atoms with van der Waals surface area (Å²) in [5, 5.41) is 0. The van der Waals surface area contributed by atoms with Gasteiger partial charge in [0.15, 0.2) is 0 Å². The third kappa shape index (κ3) is 17.1. The van der Waals surface area contributed by atoms with Crippen molar-refractivity contribution in [2.24, 2.45) is 0 Å². The van der Waals surface area contributed by atoms with Crippen LogP contribution in [0.15, 0.2) is 0 Å². The molecule has 0 spiro atoms. The lowest BCUT2D eigenvalue weighted by Gasteiger charge is -2.04. The van der Waals surface area contributed by atoms with E-state index in [-0.39, 0.29) is 11.9 Å². The van der Waals surface area contributed by atoms with Gasteiger partial charge in [-0.15, -0.1) is 0 Å². The van der Waals surface area contributed by atoms with E-state index in [1.165, 1.54) is 32.1 Å². The molecule has 0 aliphatic carbocycles. The SMILES string of the molecule is CCCCOC(=O)CCCCCCCCCCCC(=O)OCC. The lowest BCUT2D eigenvalue weighted by atomic mass is 10.1. The van der Waals surface area contributed by atoms with E-state index in [1.54, 1.807) is 0 Å². The third-order valence-electron chi connectivity index (χ3n) is 3.83. The zero-order valence-corrected chi connectivity index (χ0v) is 15.2. The number of unbranched alkanes of at least 4 members (excludes halogenated alkanes) is 9. The van der Waals surface area contributed by atoms with E-state index in [0.717, 1.165) is 38.5 Å². The highest BCUT2D eigenvalue weighted by Gasteiger charge is 2.02. The largest absolute Gasteiger partial charge is 0.466 e. The second kappa shape index (κ2) is 17.3. The van der Waals surface area contributed by atoms with Crippen LogP contribution in [0.5, 0.6) is 0 Å². The molecule has 0 unspecified atom stereocenters. The van der Waals surface area contributed by atoms with E-state index in [2.05, 4.69) is 6.92 Å². The minimum absolute atomic E-state index is 0.0416. The predicted molar refractivity (Wildman–Crippen MR) is 93.3 cm³/mol. The predicted octanol–water partition coefficient (Wildman–Crippen LogP) is 5.18. The molecule has 0 bridgehead atoms. The fourth-order valence-corrected chi connectivity index (χ4v) is 2.41. The molecule has 0 saturated heterocycles. The van der Waals surface area contributed by atoms with Crippen LogP contribution in [0.3, 0.4) is 0 Å². The van der Waals surface area contributed by atoms with Gasteiger partial charge in [0.25, 0.3) is 0 Å². The first-order chi connectivity index (χ1) is 11.2. The first-order valence-electron chi connectivity index (χ1n) is 9.52. The summed E-state index contributed by atoms with van der Waals surface area (Å²) in [6.07, 6.45) is 13.4. The van der Waals surface area contributed by atoms with Gasteiger partial charge in [-0.3, -0.25) is 9.59 Å². The van der Waals surface area contributed by atoms with Crippen LogP contribution in [0.25, 0.3) is 0 Å². The molecule has 4 heteroatoms. The van der Waals surface area contributed by atoms with Gasteiger partial charge in [0, 0.05) is 12.8 Å². The number of hydrogen-bond acceptors (Lipinski definition) is 4. The highest BCUT2D eigenvalue weighted by Crippen LogP contribution is 2.12. The Morgan fingerprint density at radius 2 is 1.04 bits per heavy atom. The van der Waals surface area contributed by atoms with Crippen molar-refractivity contribution in [3.8, 4) is 0 Å². The zero-order valence-electron chi connectivity index (χ0n) is 15.2. The molecule has 0 aromatic heterocycles. The van der Waals surface area contributed by atoms with E-state index < -0.39 is 0 Å². The van der Waals surface area contributed by atoms with Crippen LogP contribution >= 0.6 is 0 Å². The maximum atomic E-state index is 11.4. The molecular formula is C19H36O4. The van der Waals surface area contributed by atoms with Crippen LogP contribution in [0.1, 0.15) is 97.3 Å².